The molecule has 0 unspecified atom stereocenters. The number of rotatable bonds is 56. The smallest absolute Gasteiger partial charge is 0.306 e. The van der Waals surface area contributed by atoms with Gasteiger partial charge in [-0.15, -0.1) is 0 Å². The van der Waals surface area contributed by atoms with Crippen LogP contribution in [0.5, 0.6) is 0 Å². The van der Waals surface area contributed by atoms with Gasteiger partial charge in [0.2, 0.25) is 0 Å². The van der Waals surface area contributed by atoms with Crippen LogP contribution in [0.3, 0.4) is 0 Å². The molecule has 68 heavy (non-hydrogen) atoms. The third-order valence-electron chi connectivity index (χ3n) is 14.2. The third-order valence-corrected chi connectivity index (χ3v) is 14.2. The van der Waals surface area contributed by atoms with Gasteiger partial charge in [-0.05, 0) is 31.1 Å². The van der Waals surface area contributed by atoms with Crippen molar-refractivity contribution in [2.75, 3.05) is 13.2 Å². The zero-order valence-electron chi connectivity index (χ0n) is 46.7. The van der Waals surface area contributed by atoms with Crippen molar-refractivity contribution in [3.05, 3.63) is 0 Å². The molecule has 0 N–H and O–H groups in total. The first-order chi connectivity index (χ1) is 33.2. The van der Waals surface area contributed by atoms with Gasteiger partial charge in [-0.1, -0.05) is 311 Å². The Bertz CT molecular complexity index is 1040. The summed E-state index contributed by atoms with van der Waals surface area (Å²) in [7, 11) is 0. The van der Waals surface area contributed by atoms with Gasteiger partial charge >= 0.3 is 17.9 Å². The van der Waals surface area contributed by atoms with E-state index in [1.54, 1.807) is 0 Å². The number of hydrogen-bond donors (Lipinski definition) is 0. The molecule has 0 bridgehead atoms. The van der Waals surface area contributed by atoms with Crippen molar-refractivity contribution in [3.8, 4) is 0 Å². The Hall–Kier alpha value is -1.59. The molecule has 0 heterocycles. The molecule has 0 aromatic heterocycles. The van der Waals surface area contributed by atoms with Crippen LogP contribution in [0, 0.1) is 11.8 Å². The summed E-state index contributed by atoms with van der Waals surface area (Å²) in [6, 6.07) is 0. The van der Waals surface area contributed by atoms with E-state index in [0.29, 0.717) is 19.3 Å². The Balaban J connectivity index is 4.28. The summed E-state index contributed by atoms with van der Waals surface area (Å²) in [4.78, 5) is 38.2. The van der Waals surface area contributed by atoms with Gasteiger partial charge in [-0.2, -0.15) is 0 Å². The molecule has 0 aromatic carbocycles. The number of hydrogen-bond acceptors (Lipinski definition) is 6. The van der Waals surface area contributed by atoms with E-state index >= 15 is 0 Å². The standard InChI is InChI=1S/C62H120O6/c1-6-7-8-9-10-11-12-13-22-27-32-37-42-47-52-60(63)66-55-59(56-67-61(64)53-48-43-38-33-28-23-19-18-21-26-31-36-41-46-51-58(4)5)68-62(65)54-49-44-39-34-29-24-17-15-14-16-20-25-30-35-40-45-50-57(2)3/h57-59H,6-56H2,1-5H3/t59-/m0/s1. The highest BCUT2D eigenvalue weighted by Gasteiger charge is 2.19. The van der Waals surface area contributed by atoms with Crippen LogP contribution in [-0.4, -0.2) is 37.2 Å². The average molecular weight is 962 g/mol. The molecule has 0 aromatic rings. The van der Waals surface area contributed by atoms with Crippen LogP contribution in [0.2, 0.25) is 0 Å². The average Bonchev–Trinajstić information content (AvgIpc) is 3.31. The quantitative estimate of drug-likeness (QED) is 0.0343. The van der Waals surface area contributed by atoms with Crippen molar-refractivity contribution in [3.63, 3.8) is 0 Å². The lowest BCUT2D eigenvalue weighted by molar-refractivity contribution is -0.167. The highest BCUT2D eigenvalue weighted by Crippen LogP contribution is 2.19. The van der Waals surface area contributed by atoms with Crippen LogP contribution in [0.1, 0.15) is 349 Å². The predicted molar refractivity (Wildman–Crippen MR) is 293 cm³/mol. The van der Waals surface area contributed by atoms with Gasteiger partial charge in [-0.25, -0.2) is 0 Å². The van der Waals surface area contributed by atoms with E-state index in [2.05, 4.69) is 34.6 Å². The molecule has 6 heteroatoms. The zero-order valence-corrected chi connectivity index (χ0v) is 46.7. The highest BCUT2D eigenvalue weighted by molar-refractivity contribution is 5.71. The predicted octanol–water partition coefficient (Wildman–Crippen LogP) is 20.4. The molecule has 0 saturated heterocycles. The van der Waals surface area contributed by atoms with Gasteiger partial charge < -0.3 is 14.2 Å². The lowest BCUT2D eigenvalue weighted by Crippen LogP contribution is -2.30. The summed E-state index contributed by atoms with van der Waals surface area (Å²) in [6.07, 6.45) is 59.5. The Kier molecular flexibility index (Phi) is 53.5. The van der Waals surface area contributed by atoms with Gasteiger partial charge in [0.25, 0.3) is 0 Å². The van der Waals surface area contributed by atoms with E-state index in [1.165, 1.54) is 238 Å². The number of carbonyl (C=O) groups excluding carboxylic acids is 3. The van der Waals surface area contributed by atoms with Crippen molar-refractivity contribution in [2.45, 2.75) is 355 Å². The van der Waals surface area contributed by atoms with Crippen molar-refractivity contribution in [1.82, 2.24) is 0 Å². The second-order valence-corrected chi connectivity index (χ2v) is 22.3. The minimum Gasteiger partial charge on any atom is -0.462 e. The fourth-order valence-electron chi connectivity index (χ4n) is 9.58. The van der Waals surface area contributed by atoms with E-state index in [9.17, 15) is 14.4 Å². The number of esters is 3. The van der Waals surface area contributed by atoms with Crippen molar-refractivity contribution in [1.29, 1.82) is 0 Å². The van der Waals surface area contributed by atoms with Crippen LogP contribution >= 0.6 is 0 Å². The minimum absolute atomic E-state index is 0.0620. The number of carbonyl (C=O) groups is 3. The molecule has 0 radical (unpaired) electrons. The fraction of sp³-hybridized carbons (Fsp3) is 0.952. The largest absolute Gasteiger partial charge is 0.462 e. The van der Waals surface area contributed by atoms with Crippen LogP contribution in [0.4, 0.5) is 0 Å². The molecule has 6 nitrogen and oxygen atoms in total. The van der Waals surface area contributed by atoms with Crippen LogP contribution < -0.4 is 0 Å². The van der Waals surface area contributed by atoms with Crippen molar-refractivity contribution in [2.24, 2.45) is 11.8 Å². The Labute approximate surface area is 425 Å². The molecular weight excluding hydrogens is 841 g/mol. The zero-order chi connectivity index (χ0) is 49.6. The second kappa shape index (κ2) is 54.7. The first-order valence-electron chi connectivity index (χ1n) is 30.7. The van der Waals surface area contributed by atoms with Crippen molar-refractivity contribution < 1.29 is 28.6 Å². The van der Waals surface area contributed by atoms with Gasteiger partial charge in [0.05, 0.1) is 0 Å². The fourth-order valence-corrected chi connectivity index (χ4v) is 9.58. The number of unbranched alkanes of at least 4 members (excludes halogenated alkanes) is 41. The molecule has 0 amide bonds. The first-order valence-corrected chi connectivity index (χ1v) is 30.7. The Morgan fingerprint density at radius 3 is 0.721 bits per heavy atom. The topological polar surface area (TPSA) is 78.9 Å². The minimum atomic E-state index is -0.763. The molecule has 0 saturated carbocycles. The molecular formula is C62H120O6. The van der Waals surface area contributed by atoms with E-state index in [0.717, 1.165) is 69.6 Å². The van der Waals surface area contributed by atoms with Gasteiger partial charge in [0.1, 0.15) is 13.2 Å². The lowest BCUT2D eigenvalue weighted by Gasteiger charge is -2.18. The molecule has 0 aliphatic rings. The summed E-state index contributed by atoms with van der Waals surface area (Å²) < 4.78 is 16.9. The maximum atomic E-state index is 12.9. The lowest BCUT2D eigenvalue weighted by atomic mass is 10.0. The molecule has 0 aliphatic heterocycles. The van der Waals surface area contributed by atoms with Crippen LogP contribution in [0.15, 0.2) is 0 Å². The molecule has 0 fully saturated rings. The normalized spacial score (nSPS) is 12.0. The molecule has 404 valence electrons. The molecule has 0 aliphatic carbocycles. The highest BCUT2D eigenvalue weighted by atomic mass is 16.6. The second-order valence-electron chi connectivity index (χ2n) is 22.3. The summed E-state index contributed by atoms with van der Waals surface area (Å²) in [5.41, 5.74) is 0. The van der Waals surface area contributed by atoms with E-state index in [-0.39, 0.29) is 31.1 Å². The summed E-state index contributed by atoms with van der Waals surface area (Å²) in [5.74, 6) is 0.863. The van der Waals surface area contributed by atoms with Crippen LogP contribution in [-0.2, 0) is 28.6 Å². The first kappa shape index (κ1) is 66.4. The van der Waals surface area contributed by atoms with E-state index in [1.807, 2.05) is 0 Å². The summed E-state index contributed by atoms with van der Waals surface area (Å²) in [6.45, 7) is 11.4. The SMILES string of the molecule is CCCCCCCCCCCCCCCCC(=O)OC[C@@H](COC(=O)CCCCCCCCCCCCCCCCC(C)C)OC(=O)CCCCCCCCCCCCCCCCCCC(C)C. The van der Waals surface area contributed by atoms with Gasteiger partial charge in [0, 0.05) is 19.3 Å². The molecule has 0 spiro atoms. The molecule has 0 rings (SSSR count). The summed E-state index contributed by atoms with van der Waals surface area (Å²) >= 11 is 0. The Morgan fingerprint density at radius 1 is 0.279 bits per heavy atom. The van der Waals surface area contributed by atoms with Gasteiger partial charge in [0.15, 0.2) is 6.10 Å². The third kappa shape index (κ3) is 55.3. The monoisotopic (exact) mass is 961 g/mol. The van der Waals surface area contributed by atoms with Crippen molar-refractivity contribution >= 4 is 17.9 Å². The maximum Gasteiger partial charge on any atom is 0.306 e. The van der Waals surface area contributed by atoms with E-state index < -0.39 is 6.10 Å². The van der Waals surface area contributed by atoms with Gasteiger partial charge in [-0.3, -0.25) is 14.4 Å². The van der Waals surface area contributed by atoms with Crippen LogP contribution in [0.25, 0.3) is 0 Å². The number of ether oxygens (including phenoxy) is 3. The summed E-state index contributed by atoms with van der Waals surface area (Å²) in [5, 5.41) is 0. The Morgan fingerprint density at radius 2 is 0.485 bits per heavy atom. The molecule has 1 atom stereocenters. The maximum absolute atomic E-state index is 12.9. The van der Waals surface area contributed by atoms with E-state index in [4.69, 9.17) is 14.2 Å².